The van der Waals surface area contributed by atoms with E-state index in [9.17, 15) is 13.2 Å². The Morgan fingerprint density at radius 3 is 1.71 bits per heavy atom. The number of sulfone groups is 1. The standard InChI is InChI=1S/C7H6O2.C2H6O2S/c8-7(9)6-4-2-1-3-5-6;1-5(2,3)4/h1-5H,(H,8,9);1-2H3. The Morgan fingerprint density at radius 2 is 1.50 bits per heavy atom. The molecular formula is C9H12O4S. The van der Waals surface area contributed by atoms with Crippen molar-refractivity contribution in [2.45, 2.75) is 0 Å². The van der Waals surface area contributed by atoms with E-state index in [1.54, 1.807) is 30.3 Å². The second kappa shape index (κ2) is 5.39. The number of hydrogen-bond donors (Lipinski definition) is 1. The summed E-state index contributed by atoms with van der Waals surface area (Å²) in [5.41, 5.74) is 0.331. The van der Waals surface area contributed by atoms with Gasteiger partial charge in [-0.1, -0.05) is 18.2 Å². The van der Waals surface area contributed by atoms with Gasteiger partial charge in [0.2, 0.25) is 0 Å². The molecule has 0 fully saturated rings. The topological polar surface area (TPSA) is 71.4 Å². The van der Waals surface area contributed by atoms with E-state index >= 15 is 0 Å². The summed E-state index contributed by atoms with van der Waals surface area (Å²) < 4.78 is 19.3. The van der Waals surface area contributed by atoms with Crippen molar-refractivity contribution in [3.8, 4) is 0 Å². The first-order valence-corrected chi connectivity index (χ1v) is 6.04. The Bertz CT molecular complexity index is 373. The van der Waals surface area contributed by atoms with E-state index in [0.29, 0.717) is 5.56 Å². The molecule has 0 bridgehead atoms. The Morgan fingerprint density at radius 1 is 1.14 bits per heavy atom. The molecule has 78 valence electrons. The highest BCUT2D eigenvalue weighted by molar-refractivity contribution is 7.89. The molecular weight excluding hydrogens is 204 g/mol. The van der Waals surface area contributed by atoms with Gasteiger partial charge < -0.3 is 5.11 Å². The van der Waals surface area contributed by atoms with Crippen molar-refractivity contribution in [1.29, 1.82) is 0 Å². The second-order valence-corrected chi connectivity index (χ2v) is 5.10. The molecule has 0 atom stereocenters. The van der Waals surface area contributed by atoms with Gasteiger partial charge in [-0.3, -0.25) is 0 Å². The summed E-state index contributed by atoms with van der Waals surface area (Å²) >= 11 is 0. The summed E-state index contributed by atoms with van der Waals surface area (Å²) in [6.45, 7) is 0. The van der Waals surface area contributed by atoms with Crippen molar-refractivity contribution in [1.82, 2.24) is 0 Å². The highest BCUT2D eigenvalue weighted by atomic mass is 32.2. The van der Waals surface area contributed by atoms with Crippen molar-refractivity contribution in [3.05, 3.63) is 35.9 Å². The zero-order valence-corrected chi connectivity index (χ0v) is 8.78. The van der Waals surface area contributed by atoms with E-state index in [1.807, 2.05) is 0 Å². The maximum Gasteiger partial charge on any atom is 0.335 e. The summed E-state index contributed by atoms with van der Waals surface area (Å²) in [6.07, 6.45) is 2.32. The summed E-state index contributed by atoms with van der Waals surface area (Å²) in [5.74, 6) is -0.879. The summed E-state index contributed by atoms with van der Waals surface area (Å²) in [5, 5.41) is 8.38. The molecule has 1 aromatic rings. The van der Waals surface area contributed by atoms with Crippen LogP contribution in [0.15, 0.2) is 30.3 Å². The molecule has 0 saturated heterocycles. The number of carboxylic acid groups (broad SMARTS) is 1. The van der Waals surface area contributed by atoms with Crippen LogP contribution in [0.3, 0.4) is 0 Å². The van der Waals surface area contributed by atoms with Gasteiger partial charge in [0.1, 0.15) is 9.84 Å². The highest BCUT2D eigenvalue weighted by Crippen LogP contribution is 1.96. The average Bonchev–Trinajstić information content (AvgIpc) is 2.03. The molecule has 0 spiro atoms. The normalized spacial score (nSPS) is 9.86. The van der Waals surface area contributed by atoms with Crippen LogP contribution in [0.4, 0.5) is 0 Å². The quantitative estimate of drug-likeness (QED) is 0.761. The molecule has 1 rings (SSSR count). The van der Waals surface area contributed by atoms with Crippen LogP contribution in [0.1, 0.15) is 10.4 Å². The second-order valence-electron chi connectivity index (χ2n) is 2.81. The van der Waals surface area contributed by atoms with E-state index in [0.717, 1.165) is 12.5 Å². The first-order chi connectivity index (χ1) is 6.30. The lowest BCUT2D eigenvalue weighted by molar-refractivity contribution is 0.0697. The van der Waals surface area contributed by atoms with Crippen molar-refractivity contribution < 1.29 is 18.3 Å². The number of carboxylic acids is 1. The third-order valence-corrected chi connectivity index (χ3v) is 1.02. The SMILES string of the molecule is CS(C)(=O)=O.O=C(O)c1ccccc1. The van der Waals surface area contributed by atoms with Gasteiger partial charge in [-0.2, -0.15) is 0 Å². The zero-order chi connectivity index (χ0) is 11.2. The van der Waals surface area contributed by atoms with Crippen molar-refractivity contribution in [3.63, 3.8) is 0 Å². The lowest BCUT2D eigenvalue weighted by atomic mass is 10.2. The van der Waals surface area contributed by atoms with Crippen LogP contribution in [-0.4, -0.2) is 32.0 Å². The fraction of sp³-hybridized carbons (Fsp3) is 0.222. The van der Waals surface area contributed by atoms with Crippen molar-refractivity contribution >= 4 is 15.8 Å². The largest absolute Gasteiger partial charge is 0.478 e. The van der Waals surface area contributed by atoms with Gasteiger partial charge in [-0.05, 0) is 12.1 Å². The predicted octanol–water partition coefficient (Wildman–Crippen LogP) is 1.05. The third kappa shape index (κ3) is 8.73. The van der Waals surface area contributed by atoms with E-state index in [1.165, 1.54) is 0 Å². The first-order valence-electron chi connectivity index (χ1n) is 3.74. The number of benzene rings is 1. The molecule has 5 heteroatoms. The Labute approximate surface area is 83.1 Å². The molecule has 0 aliphatic rings. The number of carbonyl (C=O) groups is 1. The smallest absolute Gasteiger partial charge is 0.335 e. The summed E-state index contributed by atoms with van der Waals surface area (Å²) in [4.78, 5) is 10.2. The average molecular weight is 216 g/mol. The van der Waals surface area contributed by atoms with Crippen molar-refractivity contribution in [2.75, 3.05) is 12.5 Å². The van der Waals surface area contributed by atoms with Gasteiger partial charge in [-0.25, -0.2) is 13.2 Å². The lowest BCUT2D eigenvalue weighted by Gasteiger charge is -1.88. The van der Waals surface area contributed by atoms with E-state index < -0.39 is 15.8 Å². The van der Waals surface area contributed by atoms with Crippen LogP contribution in [0.25, 0.3) is 0 Å². The van der Waals surface area contributed by atoms with Gasteiger partial charge in [-0.15, -0.1) is 0 Å². The van der Waals surface area contributed by atoms with Gasteiger partial charge in [0, 0.05) is 12.5 Å². The van der Waals surface area contributed by atoms with Crippen LogP contribution in [0.5, 0.6) is 0 Å². The molecule has 1 N–H and O–H groups in total. The molecule has 0 unspecified atom stereocenters. The molecule has 4 nitrogen and oxygen atoms in total. The lowest BCUT2D eigenvalue weighted by Crippen LogP contribution is -1.93. The fourth-order valence-electron chi connectivity index (χ4n) is 0.581. The number of rotatable bonds is 1. The monoisotopic (exact) mass is 216 g/mol. The minimum absolute atomic E-state index is 0.331. The van der Waals surface area contributed by atoms with Crippen LogP contribution in [0.2, 0.25) is 0 Å². The maximum absolute atomic E-state index is 10.2. The van der Waals surface area contributed by atoms with Crippen LogP contribution in [-0.2, 0) is 9.84 Å². The van der Waals surface area contributed by atoms with E-state index in [2.05, 4.69) is 0 Å². The summed E-state index contributed by atoms with van der Waals surface area (Å²) in [7, 11) is -2.67. The van der Waals surface area contributed by atoms with E-state index in [-0.39, 0.29) is 0 Å². The molecule has 0 radical (unpaired) electrons. The summed E-state index contributed by atoms with van der Waals surface area (Å²) in [6, 6.07) is 8.30. The van der Waals surface area contributed by atoms with Crippen molar-refractivity contribution in [2.24, 2.45) is 0 Å². The van der Waals surface area contributed by atoms with Gasteiger partial charge in [0.25, 0.3) is 0 Å². The molecule has 0 aliphatic heterocycles. The zero-order valence-electron chi connectivity index (χ0n) is 7.97. The molecule has 0 aliphatic carbocycles. The maximum atomic E-state index is 10.2. The minimum Gasteiger partial charge on any atom is -0.478 e. The fourth-order valence-corrected chi connectivity index (χ4v) is 0.581. The van der Waals surface area contributed by atoms with E-state index in [4.69, 9.17) is 5.11 Å². The van der Waals surface area contributed by atoms with Gasteiger partial charge >= 0.3 is 5.97 Å². The number of hydrogen-bond acceptors (Lipinski definition) is 3. The Balaban J connectivity index is 0.000000292. The number of aromatic carboxylic acids is 1. The predicted molar refractivity (Wildman–Crippen MR) is 54.2 cm³/mol. The molecule has 1 aromatic carbocycles. The molecule has 0 heterocycles. The molecule has 0 amide bonds. The third-order valence-electron chi connectivity index (χ3n) is 1.02. The Kier molecular flexibility index (Phi) is 4.86. The van der Waals surface area contributed by atoms with Crippen LogP contribution >= 0.6 is 0 Å². The molecule has 0 aromatic heterocycles. The highest BCUT2D eigenvalue weighted by Gasteiger charge is 1.96. The first kappa shape index (κ1) is 12.6. The van der Waals surface area contributed by atoms with Crippen LogP contribution < -0.4 is 0 Å². The van der Waals surface area contributed by atoms with Gasteiger partial charge in [0.05, 0.1) is 5.56 Å². The van der Waals surface area contributed by atoms with Gasteiger partial charge in [0.15, 0.2) is 0 Å². The van der Waals surface area contributed by atoms with Crippen LogP contribution in [0, 0.1) is 0 Å². The minimum atomic E-state index is -2.67. The Hall–Kier alpha value is -1.36. The molecule has 14 heavy (non-hydrogen) atoms. The molecule has 0 saturated carbocycles.